The van der Waals surface area contributed by atoms with Crippen LogP contribution in [-0.4, -0.2) is 64.0 Å². The van der Waals surface area contributed by atoms with Crippen molar-refractivity contribution in [2.45, 2.75) is 71.5 Å². The third-order valence-corrected chi connectivity index (χ3v) is 5.80. The van der Waals surface area contributed by atoms with Crippen LogP contribution in [0.2, 0.25) is 0 Å². The minimum Gasteiger partial charge on any atom is -0.395 e. The molecule has 0 bridgehead atoms. The predicted molar refractivity (Wildman–Crippen MR) is 113 cm³/mol. The van der Waals surface area contributed by atoms with Crippen molar-refractivity contribution in [3.8, 4) is 0 Å². The number of unbranched alkanes of at least 4 members (excludes halogenated alkanes) is 4. The van der Waals surface area contributed by atoms with Crippen molar-refractivity contribution in [3.05, 3.63) is 0 Å². The molecule has 1 unspecified atom stereocenters. The molecule has 0 aromatic carbocycles. The number of aliphatic hydroxyl groups is 1. The summed E-state index contributed by atoms with van der Waals surface area (Å²) in [5.74, 6) is -0.644. The van der Waals surface area contributed by atoms with Crippen molar-refractivity contribution in [3.63, 3.8) is 0 Å². The summed E-state index contributed by atoms with van der Waals surface area (Å²) in [6.45, 7) is 5.34. The molecular formula is C18H40O9P2. The first-order chi connectivity index (χ1) is 13.7. The minimum atomic E-state index is -2.68. The van der Waals surface area contributed by atoms with E-state index in [1.165, 1.54) is 26.4 Å². The zero-order chi connectivity index (χ0) is 22.3. The van der Waals surface area contributed by atoms with E-state index < -0.39 is 35.0 Å². The first-order valence-corrected chi connectivity index (χ1v) is 12.4. The lowest BCUT2D eigenvalue weighted by Gasteiger charge is -2.47. The van der Waals surface area contributed by atoms with Gasteiger partial charge in [-0.1, -0.05) is 52.9 Å². The second-order valence-electron chi connectivity index (χ2n) is 7.60. The van der Waals surface area contributed by atoms with Crippen molar-refractivity contribution in [1.29, 1.82) is 0 Å². The largest absolute Gasteiger partial charge is 0.395 e. The second kappa shape index (κ2) is 16.2. The second-order valence-corrected chi connectivity index (χ2v) is 9.13. The molecule has 9 nitrogen and oxygen atoms in total. The smallest absolute Gasteiger partial charge is 0.327 e. The van der Waals surface area contributed by atoms with E-state index in [1.54, 1.807) is 6.92 Å². The van der Waals surface area contributed by atoms with Crippen molar-refractivity contribution < 1.29 is 43.2 Å². The van der Waals surface area contributed by atoms with E-state index in [2.05, 4.69) is 13.8 Å². The van der Waals surface area contributed by atoms with Gasteiger partial charge in [0, 0.05) is 7.11 Å². The van der Waals surface area contributed by atoms with E-state index in [0.717, 1.165) is 25.2 Å². The maximum absolute atomic E-state index is 10.1. The van der Waals surface area contributed by atoms with E-state index in [1.807, 2.05) is 0 Å². The van der Waals surface area contributed by atoms with Gasteiger partial charge in [0.25, 0.3) is 0 Å². The first-order valence-electron chi connectivity index (χ1n) is 10.1. The minimum absolute atomic E-state index is 0.300. The Morgan fingerprint density at radius 1 is 0.862 bits per heavy atom. The fourth-order valence-electron chi connectivity index (χ4n) is 3.31. The molecule has 0 saturated heterocycles. The van der Waals surface area contributed by atoms with Crippen LogP contribution in [0.5, 0.6) is 0 Å². The molecule has 0 aromatic rings. The monoisotopic (exact) mass is 462 g/mol. The van der Waals surface area contributed by atoms with Gasteiger partial charge in [-0.3, -0.25) is 0 Å². The average molecular weight is 462 g/mol. The molecule has 176 valence electrons. The highest BCUT2D eigenvalue weighted by Crippen LogP contribution is 2.44. The van der Waals surface area contributed by atoms with Gasteiger partial charge in [0.1, 0.15) is 0 Å². The van der Waals surface area contributed by atoms with Gasteiger partial charge in [0.15, 0.2) is 5.79 Å². The lowest BCUT2D eigenvalue weighted by atomic mass is 9.79. The average Bonchev–Trinajstić information content (AvgIpc) is 2.67. The fourth-order valence-corrected chi connectivity index (χ4v) is 4.03. The van der Waals surface area contributed by atoms with Crippen LogP contribution in [0.3, 0.4) is 0 Å². The summed E-state index contributed by atoms with van der Waals surface area (Å²) in [4.78, 5) is 36.6. The van der Waals surface area contributed by atoms with Crippen molar-refractivity contribution >= 4 is 17.2 Å². The van der Waals surface area contributed by atoms with E-state index in [4.69, 9.17) is 38.1 Å². The van der Waals surface area contributed by atoms with Crippen LogP contribution in [0.4, 0.5) is 0 Å². The number of aliphatic hydroxyl groups excluding tert-OH is 1. The van der Waals surface area contributed by atoms with E-state index in [9.17, 15) is 5.11 Å². The third kappa shape index (κ3) is 11.1. The summed E-state index contributed by atoms with van der Waals surface area (Å²) in [5.41, 5.74) is -1.38. The highest BCUT2D eigenvalue weighted by atomic mass is 31.2. The van der Waals surface area contributed by atoms with Crippen LogP contribution in [0.15, 0.2) is 0 Å². The Kier molecular flexibility index (Phi) is 16.5. The van der Waals surface area contributed by atoms with E-state index >= 15 is 0 Å². The molecule has 5 N–H and O–H groups in total. The zero-order valence-electron chi connectivity index (χ0n) is 18.1. The van der Waals surface area contributed by atoms with Gasteiger partial charge < -0.3 is 43.2 Å². The highest BCUT2D eigenvalue weighted by molar-refractivity contribution is 7.39. The quantitative estimate of drug-likeness (QED) is 0.111. The van der Waals surface area contributed by atoms with E-state index in [-0.39, 0.29) is 13.2 Å². The summed E-state index contributed by atoms with van der Waals surface area (Å²) in [6.07, 6.45) is 6.83. The number of hydrogen-bond donors (Lipinski definition) is 5. The highest BCUT2D eigenvalue weighted by Gasteiger charge is 2.53. The summed E-state index contributed by atoms with van der Waals surface area (Å²) < 4.78 is 21.6. The molecule has 0 heterocycles. The van der Waals surface area contributed by atoms with Gasteiger partial charge in [0.2, 0.25) is 0 Å². The van der Waals surface area contributed by atoms with Gasteiger partial charge >= 0.3 is 17.2 Å². The molecule has 11 heteroatoms. The zero-order valence-corrected chi connectivity index (χ0v) is 19.9. The summed E-state index contributed by atoms with van der Waals surface area (Å²) in [6, 6.07) is 0. The molecule has 29 heavy (non-hydrogen) atoms. The molecule has 0 aliphatic carbocycles. The van der Waals surface area contributed by atoms with Gasteiger partial charge in [-0.25, -0.2) is 0 Å². The Balaban J connectivity index is 4.96. The molecule has 0 aliphatic heterocycles. The number of methoxy groups -OCH3 is 1. The van der Waals surface area contributed by atoms with Crippen molar-refractivity contribution in [1.82, 2.24) is 0 Å². The van der Waals surface area contributed by atoms with Crippen LogP contribution in [0, 0.1) is 11.3 Å². The lowest BCUT2D eigenvalue weighted by molar-refractivity contribution is -0.309. The number of ether oxygens (including phenoxy) is 2. The summed E-state index contributed by atoms with van der Waals surface area (Å²) in [7, 11) is -3.94. The molecule has 0 amide bonds. The van der Waals surface area contributed by atoms with E-state index in [0.29, 0.717) is 13.0 Å². The lowest BCUT2D eigenvalue weighted by Crippen LogP contribution is -2.58. The standard InChI is InChI=1S/C18H40O9P2/c1-5-18(24-4,25-12-10-8-6-7-9-11-16(2)3)17(13-19,14-26-28(20)21)15-27-29(22)23/h16,19-23H,5-15H2,1-4H3. The summed E-state index contributed by atoms with van der Waals surface area (Å²) in [5, 5.41) is 10.1. The van der Waals surface area contributed by atoms with Gasteiger partial charge in [0.05, 0.1) is 31.8 Å². The van der Waals surface area contributed by atoms with Crippen LogP contribution in [0.25, 0.3) is 0 Å². The third-order valence-electron chi connectivity index (χ3n) is 5.08. The number of rotatable bonds is 19. The van der Waals surface area contributed by atoms with Crippen LogP contribution in [-0.2, 0) is 18.5 Å². The topological polar surface area (TPSA) is 138 Å². The maximum atomic E-state index is 10.1. The van der Waals surface area contributed by atoms with Crippen LogP contribution in [0.1, 0.15) is 65.7 Å². The maximum Gasteiger partial charge on any atom is 0.327 e. The predicted octanol–water partition coefficient (Wildman–Crippen LogP) is 3.19. The van der Waals surface area contributed by atoms with Crippen molar-refractivity contribution in [2.75, 3.05) is 33.5 Å². The van der Waals surface area contributed by atoms with Crippen molar-refractivity contribution in [2.24, 2.45) is 11.3 Å². The van der Waals surface area contributed by atoms with Gasteiger partial charge in [-0.15, -0.1) is 0 Å². The first kappa shape index (κ1) is 29.5. The Hall–Kier alpha value is 0.500. The molecule has 0 aromatic heterocycles. The van der Waals surface area contributed by atoms with Gasteiger partial charge in [-0.05, 0) is 18.8 Å². The van der Waals surface area contributed by atoms with Crippen LogP contribution < -0.4 is 0 Å². The Morgan fingerprint density at radius 2 is 1.38 bits per heavy atom. The summed E-state index contributed by atoms with van der Waals surface area (Å²) >= 11 is 0. The molecule has 0 fully saturated rings. The molecule has 0 saturated carbocycles. The molecular weight excluding hydrogens is 422 g/mol. The number of hydrogen-bond acceptors (Lipinski definition) is 9. The van der Waals surface area contributed by atoms with Crippen LogP contribution >= 0.6 is 17.2 Å². The molecule has 0 spiro atoms. The normalized spacial score (nSPS) is 14.9. The Morgan fingerprint density at radius 3 is 1.79 bits per heavy atom. The Labute approximate surface area is 177 Å². The Bertz CT molecular complexity index is 382. The molecule has 1 atom stereocenters. The molecule has 0 aliphatic rings. The molecule has 0 rings (SSSR count). The SMILES string of the molecule is CCC(OC)(OCCCCCCCC(C)C)C(CO)(COP(O)O)COP(O)O. The van der Waals surface area contributed by atoms with Gasteiger partial charge in [-0.2, -0.15) is 0 Å². The molecule has 0 radical (unpaired) electrons. The fraction of sp³-hybridized carbons (Fsp3) is 1.00.